The van der Waals surface area contributed by atoms with Gasteiger partial charge in [-0.05, 0) is 47.0 Å². The molecule has 1 fully saturated rings. The highest BCUT2D eigenvalue weighted by molar-refractivity contribution is 9.10. The molecule has 0 aliphatic heterocycles. The van der Waals surface area contributed by atoms with E-state index in [0.29, 0.717) is 5.69 Å². The van der Waals surface area contributed by atoms with E-state index >= 15 is 0 Å². The second-order valence-electron chi connectivity index (χ2n) is 4.92. The Morgan fingerprint density at radius 3 is 2.60 bits per heavy atom. The quantitative estimate of drug-likeness (QED) is 0.722. The number of nitrogens with one attached hydrogen (secondary N) is 2. The van der Waals surface area contributed by atoms with Crippen molar-refractivity contribution in [2.45, 2.75) is 12.8 Å². The van der Waals surface area contributed by atoms with E-state index in [1.54, 1.807) is 0 Å². The zero-order valence-corrected chi connectivity index (χ0v) is 12.2. The van der Waals surface area contributed by atoms with Gasteiger partial charge in [0.15, 0.2) is 0 Å². The van der Waals surface area contributed by atoms with Crippen LogP contribution in [0.1, 0.15) is 12.8 Å². The van der Waals surface area contributed by atoms with Gasteiger partial charge in [-0.15, -0.1) is 0 Å². The number of rotatable bonds is 4. The molecule has 0 atom stereocenters. The predicted octanol–water partition coefficient (Wildman–Crippen LogP) is 1.42. The lowest BCUT2D eigenvalue weighted by Crippen LogP contribution is -2.39. The van der Waals surface area contributed by atoms with E-state index in [-0.39, 0.29) is 23.0 Å². The molecule has 0 radical (unpaired) electrons. The third-order valence-corrected chi connectivity index (χ3v) is 3.91. The largest absolute Gasteiger partial charge is 0.396 e. The van der Waals surface area contributed by atoms with Gasteiger partial charge in [0.25, 0.3) is 0 Å². The minimum atomic E-state index is -0.822. The molecule has 1 aliphatic rings. The summed E-state index contributed by atoms with van der Waals surface area (Å²) in [6.45, 7) is 0.280. The summed E-state index contributed by atoms with van der Waals surface area (Å²) in [5.74, 6) is -2.05. The Hall–Kier alpha value is -1.47. The zero-order valence-electron chi connectivity index (χ0n) is 10.6. The van der Waals surface area contributed by atoms with Crippen molar-refractivity contribution in [3.05, 3.63) is 28.5 Å². The number of halogens is 2. The molecule has 0 aromatic heterocycles. The first-order valence-corrected chi connectivity index (χ1v) is 6.90. The van der Waals surface area contributed by atoms with Crippen molar-refractivity contribution in [2.75, 3.05) is 18.5 Å². The van der Waals surface area contributed by atoms with E-state index in [4.69, 9.17) is 5.11 Å². The van der Waals surface area contributed by atoms with Crippen LogP contribution in [0.25, 0.3) is 0 Å². The van der Waals surface area contributed by atoms with E-state index in [2.05, 4.69) is 26.6 Å². The minimum Gasteiger partial charge on any atom is -0.396 e. The van der Waals surface area contributed by atoms with E-state index in [0.717, 1.165) is 12.8 Å². The summed E-state index contributed by atoms with van der Waals surface area (Å²) < 4.78 is 13.2. The van der Waals surface area contributed by atoms with Crippen molar-refractivity contribution in [2.24, 2.45) is 5.41 Å². The van der Waals surface area contributed by atoms with Crippen molar-refractivity contribution in [3.8, 4) is 0 Å². The monoisotopic (exact) mass is 344 g/mol. The van der Waals surface area contributed by atoms with Crippen LogP contribution in [-0.2, 0) is 9.59 Å². The second-order valence-corrected chi connectivity index (χ2v) is 5.78. The number of hydrogen-bond acceptors (Lipinski definition) is 3. The molecule has 0 heterocycles. The van der Waals surface area contributed by atoms with Gasteiger partial charge >= 0.3 is 11.8 Å². The Labute approximate surface area is 123 Å². The highest BCUT2D eigenvalue weighted by atomic mass is 79.9. The van der Waals surface area contributed by atoms with E-state index in [1.807, 2.05) is 0 Å². The van der Waals surface area contributed by atoms with Crippen molar-refractivity contribution in [1.82, 2.24) is 5.32 Å². The maximum Gasteiger partial charge on any atom is 0.313 e. The van der Waals surface area contributed by atoms with Crippen LogP contribution in [0.5, 0.6) is 0 Å². The highest BCUT2D eigenvalue weighted by Gasteiger charge is 2.42. The van der Waals surface area contributed by atoms with E-state index in [9.17, 15) is 14.0 Å². The highest BCUT2D eigenvalue weighted by Crippen LogP contribution is 2.44. The molecular formula is C13H14BrFN2O3. The van der Waals surface area contributed by atoms with Crippen molar-refractivity contribution in [3.63, 3.8) is 0 Å². The number of aliphatic hydroxyl groups excluding tert-OH is 1. The fourth-order valence-electron chi connectivity index (χ4n) is 1.68. The van der Waals surface area contributed by atoms with Gasteiger partial charge in [-0.25, -0.2) is 4.39 Å². The third kappa shape index (κ3) is 3.55. The number of hydrogen-bond donors (Lipinski definition) is 3. The average Bonchev–Trinajstić information content (AvgIpc) is 3.21. The minimum absolute atomic E-state index is 0.000191. The first-order valence-electron chi connectivity index (χ1n) is 6.11. The predicted molar refractivity (Wildman–Crippen MR) is 74.5 cm³/mol. The third-order valence-electron chi connectivity index (χ3n) is 3.30. The summed E-state index contributed by atoms with van der Waals surface area (Å²) in [6, 6.07) is 3.92. The smallest absolute Gasteiger partial charge is 0.313 e. The summed E-state index contributed by atoms with van der Waals surface area (Å²) in [4.78, 5) is 23.2. The molecule has 3 N–H and O–H groups in total. The Bertz CT molecular complexity index is 546. The fraction of sp³-hybridized carbons (Fsp3) is 0.385. The van der Waals surface area contributed by atoms with Gasteiger partial charge in [0, 0.05) is 17.6 Å². The van der Waals surface area contributed by atoms with Crippen molar-refractivity contribution >= 4 is 33.4 Å². The Morgan fingerprint density at radius 1 is 1.35 bits per heavy atom. The van der Waals surface area contributed by atoms with Crippen LogP contribution in [-0.4, -0.2) is 30.1 Å². The van der Waals surface area contributed by atoms with Crippen LogP contribution < -0.4 is 10.6 Å². The van der Waals surface area contributed by atoms with Crippen LogP contribution in [0.2, 0.25) is 0 Å². The Kier molecular flexibility index (Phi) is 4.39. The number of aliphatic hydroxyl groups is 1. The van der Waals surface area contributed by atoms with E-state index < -0.39 is 17.6 Å². The molecule has 0 spiro atoms. The normalized spacial score (nSPS) is 15.6. The lowest BCUT2D eigenvalue weighted by molar-refractivity contribution is -0.136. The van der Waals surface area contributed by atoms with Gasteiger partial charge in [0.1, 0.15) is 5.82 Å². The van der Waals surface area contributed by atoms with Crippen molar-refractivity contribution in [1.29, 1.82) is 0 Å². The first kappa shape index (κ1) is 14.9. The number of carbonyl (C=O) groups is 2. The molecule has 1 saturated carbocycles. The second kappa shape index (κ2) is 5.88. The molecule has 1 aromatic carbocycles. The van der Waals surface area contributed by atoms with Crippen LogP contribution in [0.4, 0.5) is 10.1 Å². The van der Waals surface area contributed by atoms with Gasteiger partial charge in [0.05, 0.1) is 11.1 Å². The van der Waals surface area contributed by atoms with E-state index in [1.165, 1.54) is 18.2 Å². The Balaban J connectivity index is 1.87. The van der Waals surface area contributed by atoms with Gasteiger partial charge in [-0.2, -0.15) is 0 Å². The van der Waals surface area contributed by atoms with Crippen LogP contribution in [0.3, 0.4) is 0 Å². The summed E-state index contributed by atoms with van der Waals surface area (Å²) in [7, 11) is 0. The summed E-state index contributed by atoms with van der Waals surface area (Å²) in [6.07, 6.45) is 1.69. The Morgan fingerprint density at radius 2 is 2.05 bits per heavy atom. The number of anilines is 1. The summed E-state index contributed by atoms with van der Waals surface area (Å²) in [5, 5.41) is 14.0. The molecular weight excluding hydrogens is 331 g/mol. The van der Waals surface area contributed by atoms with Crippen molar-refractivity contribution < 1.29 is 19.1 Å². The molecule has 1 aromatic rings. The number of carbonyl (C=O) groups excluding carboxylic acids is 2. The maximum absolute atomic E-state index is 13.0. The fourth-order valence-corrected chi connectivity index (χ4v) is 2.06. The number of benzene rings is 1. The standard InChI is InChI=1S/C13H14BrFN2O3/c14-9-5-8(1-2-10(9)15)17-12(20)11(19)16-6-13(7-18)3-4-13/h1-2,5,18H,3-4,6-7H2,(H,16,19)(H,17,20). The molecule has 5 nitrogen and oxygen atoms in total. The molecule has 0 bridgehead atoms. The van der Waals surface area contributed by atoms with Gasteiger partial charge in [-0.1, -0.05) is 0 Å². The molecule has 1 aliphatic carbocycles. The molecule has 20 heavy (non-hydrogen) atoms. The molecule has 7 heteroatoms. The van der Waals surface area contributed by atoms with Crippen LogP contribution in [0, 0.1) is 11.2 Å². The van der Waals surface area contributed by atoms with Crippen LogP contribution in [0.15, 0.2) is 22.7 Å². The van der Waals surface area contributed by atoms with Gasteiger partial charge in [-0.3, -0.25) is 9.59 Å². The number of amides is 2. The lowest BCUT2D eigenvalue weighted by atomic mass is 10.1. The van der Waals surface area contributed by atoms with Gasteiger partial charge in [0.2, 0.25) is 0 Å². The maximum atomic E-state index is 13.0. The molecule has 108 valence electrons. The molecule has 0 saturated heterocycles. The average molecular weight is 345 g/mol. The van der Waals surface area contributed by atoms with Gasteiger partial charge < -0.3 is 15.7 Å². The molecule has 2 amide bonds. The lowest BCUT2D eigenvalue weighted by Gasteiger charge is -2.12. The first-order chi connectivity index (χ1) is 9.46. The molecule has 0 unspecified atom stereocenters. The summed E-state index contributed by atoms with van der Waals surface area (Å²) in [5.41, 5.74) is 0.0659. The summed E-state index contributed by atoms with van der Waals surface area (Å²) >= 11 is 2.99. The SMILES string of the molecule is O=C(NCC1(CO)CC1)C(=O)Nc1ccc(F)c(Br)c1. The molecule has 2 rings (SSSR count). The topological polar surface area (TPSA) is 78.4 Å². The van der Waals surface area contributed by atoms with Crippen LogP contribution >= 0.6 is 15.9 Å². The zero-order chi connectivity index (χ0) is 14.8.